The van der Waals surface area contributed by atoms with E-state index in [1.165, 1.54) is 5.56 Å². The van der Waals surface area contributed by atoms with Gasteiger partial charge in [-0.05, 0) is 38.1 Å². The minimum atomic E-state index is 0.844. The summed E-state index contributed by atoms with van der Waals surface area (Å²) in [6.45, 7) is 12.8. The van der Waals surface area contributed by atoms with Crippen molar-refractivity contribution in [1.29, 1.82) is 0 Å². The number of rotatable bonds is 6. The Hall–Kier alpha value is -1.35. The van der Waals surface area contributed by atoms with Gasteiger partial charge >= 0.3 is 0 Å². The summed E-state index contributed by atoms with van der Waals surface area (Å²) >= 11 is 0. The van der Waals surface area contributed by atoms with Gasteiger partial charge in [0.1, 0.15) is 5.82 Å². The Morgan fingerprint density at radius 3 is 2.76 bits per heavy atom. The van der Waals surface area contributed by atoms with E-state index in [0.717, 1.165) is 36.7 Å². The average molecular weight is 233 g/mol. The first-order valence-corrected chi connectivity index (χ1v) is 6.06. The molecule has 0 aromatic carbocycles. The monoisotopic (exact) mass is 233 g/mol. The van der Waals surface area contributed by atoms with E-state index in [1.54, 1.807) is 0 Å². The van der Waals surface area contributed by atoms with Gasteiger partial charge in [-0.1, -0.05) is 19.1 Å². The molecule has 3 heteroatoms. The lowest BCUT2D eigenvalue weighted by Gasteiger charge is -2.19. The predicted octanol–water partition coefficient (Wildman–Crippen LogP) is 2.51. The maximum Gasteiger partial charge on any atom is 0.129 e. The third-order valence-electron chi connectivity index (χ3n) is 2.48. The normalized spacial score (nSPS) is 10.4. The highest BCUT2D eigenvalue weighted by Crippen LogP contribution is 2.14. The molecule has 17 heavy (non-hydrogen) atoms. The van der Waals surface area contributed by atoms with E-state index in [2.05, 4.69) is 40.8 Å². The van der Waals surface area contributed by atoms with E-state index in [4.69, 9.17) is 0 Å². The molecule has 0 saturated heterocycles. The Balaban J connectivity index is 2.84. The summed E-state index contributed by atoms with van der Waals surface area (Å²) in [5, 5.41) is 3.33. The van der Waals surface area contributed by atoms with Gasteiger partial charge in [0.2, 0.25) is 0 Å². The van der Waals surface area contributed by atoms with Crippen molar-refractivity contribution < 1.29 is 0 Å². The zero-order valence-electron chi connectivity index (χ0n) is 11.4. The summed E-state index contributed by atoms with van der Waals surface area (Å²) in [4.78, 5) is 6.68. The van der Waals surface area contributed by atoms with Crippen molar-refractivity contribution in [3.05, 3.63) is 35.5 Å². The second-order valence-corrected chi connectivity index (χ2v) is 4.57. The van der Waals surface area contributed by atoms with Gasteiger partial charge in [-0.15, -0.1) is 0 Å². The number of nitrogens with one attached hydrogen (secondary N) is 1. The van der Waals surface area contributed by atoms with Gasteiger partial charge in [0, 0.05) is 25.8 Å². The van der Waals surface area contributed by atoms with Crippen molar-refractivity contribution in [2.75, 3.05) is 25.0 Å². The summed E-state index contributed by atoms with van der Waals surface area (Å²) in [6.07, 6.45) is 0. The summed E-state index contributed by atoms with van der Waals surface area (Å²) < 4.78 is 0. The Kier molecular flexibility index (Phi) is 5.16. The van der Waals surface area contributed by atoms with Crippen LogP contribution in [-0.2, 0) is 6.54 Å². The van der Waals surface area contributed by atoms with E-state index >= 15 is 0 Å². The SMILES string of the molecule is C=C(C)CN(C)c1cc(CNCC)cc(C)n1. The lowest BCUT2D eigenvalue weighted by atomic mass is 10.2. The van der Waals surface area contributed by atoms with Crippen molar-refractivity contribution in [3.8, 4) is 0 Å². The van der Waals surface area contributed by atoms with Gasteiger partial charge in [-0.25, -0.2) is 4.98 Å². The van der Waals surface area contributed by atoms with Crippen LogP contribution in [0.25, 0.3) is 0 Å². The van der Waals surface area contributed by atoms with Crippen LogP contribution in [0.5, 0.6) is 0 Å². The Bertz CT molecular complexity index is 385. The highest BCUT2D eigenvalue weighted by Gasteiger charge is 2.05. The minimum Gasteiger partial charge on any atom is -0.356 e. The van der Waals surface area contributed by atoms with Gasteiger partial charge in [-0.3, -0.25) is 0 Å². The standard InChI is InChI=1S/C14H23N3/c1-6-15-9-13-7-12(4)16-14(8-13)17(5)10-11(2)3/h7-8,15H,2,6,9-10H2,1,3-5H3. The van der Waals surface area contributed by atoms with Gasteiger partial charge in [0.25, 0.3) is 0 Å². The minimum absolute atomic E-state index is 0.844. The maximum atomic E-state index is 4.55. The molecule has 0 aliphatic heterocycles. The topological polar surface area (TPSA) is 28.2 Å². The molecule has 1 aromatic rings. The summed E-state index contributed by atoms with van der Waals surface area (Å²) in [5.41, 5.74) is 3.48. The number of anilines is 1. The number of aryl methyl sites for hydroxylation is 1. The molecule has 3 nitrogen and oxygen atoms in total. The van der Waals surface area contributed by atoms with Crippen LogP contribution in [0.3, 0.4) is 0 Å². The molecule has 0 spiro atoms. The fourth-order valence-electron chi connectivity index (χ4n) is 1.77. The van der Waals surface area contributed by atoms with E-state index in [1.807, 2.05) is 20.9 Å². The third-order valence-corrected chi connectivity index (χ3v) is 2.48. The molecule has 0 bridgehead atoms. The van der Waals surface area contributed by atoms with Crippen LogP contribution in [0.15, 0.2) is 24.3 Å². The van der Waals surface area contributed by atoms with Crippen molar-refractivity contribution in [3.63, 3.8) is 0 Å². The Morgan fingerprint density at radius 2 is 2.18 bits per heavy atom. The zero-order valence-corrected chi connectivity index (χ0v) is 11.4. The second-order valence-electron chi connectivity index (χ2n) is 4.57. The Morgan fingerprint density at radius 1 is 1.47 bits per heavy atom. The van der Waals surface area contributed by atoms with E-state index in [9.17, 15) is 0 Å². The van der Waals surface area contributed by atoms with Crippen molar-refractivity contribution in [2.24, 2.45) is 0 Å². The van der Waals surface area contributed by atoms with Crippen LogP contribution >= 0.6 is 0 Å². The van der Waals surface area contributed by atoms with E-state index in [0.29, 0.717) is 0 Å². The summed E-state index contributed by atoms with van der Waals surface area (Å²) in [5.74, 6) is 1.01. The van der Waals surface area contributed by atoms with Gasteiger partial charge in [-0.2, -0.15) is 0 Å². The van der Waals surface area contributed by atoms with Gasteiger partial charge in [0.05, 0.1) is 0 Å². The number of hydrogen-bond donors (Lipinski definition) is 1. The largest absolute Gasteiger partial charge is 0.356 e. The van der Waals surface area contributed by atoms with Crippen molar-refractivity contribution in [2.45, 2.75) is 27.3 Å². The second kappa shape index (κ2) is 6.40. The molecular formula is C14H23N3. The van der Waals surface area contributed by atoms with Crippen LogP contribution in [0.1, 0.15) is 25.1 Å². The molecule has 0 atom stereocenters. The van der Waals surface area contributed by atoms with Crippen LogP contribution in [0.2, 0.25) is 0 Å². The van der Waals surface area contributed by atoms with Crippen LogP contribution < -0.4 is 10.2 Å². The summed E-state index contributed by atoms with van der Waals surface area (Å²) in [6, 6.07) is 4.26. The number of pyridine rings is 1. The van der Waals surface area contributed by atoms with Crippen molar-refractivity contribution >= 4 is 5.82 Å². The number of nitrogens with zero attached hydrogens (tertiary/aromatic N) is 2. The van der Waals surface area contributed by atoms with Crippen LogP contribution in [-0.4, -0.2) is 25.1 Å². The zero-order chi connectivity index (χ0) is 12.8. The first kappa shape index (κ1) is 13.7. The lowest BCUT2D eigenvalue weighted by Crippen LogP contribution is -2.21. The fourth-order valence-corrected chi connectivity index (χ4v) is 1.77. The van der Waals surface area contributed by atoms with Crippen molar-refractivity contribution in [1.82, 2.24) is 10.3 Å². The fraction of sp³-hybridized carbons (Fsp3) is 0.500. The Labute approximate surface area is 105 Å². The van der Waals surface area contributed by atoms with Gasteiger partial charge in [0.15, 0.2) is 0 Å². The van der Waals surface area contributed by atoms with E-state index < -0.39 is 0 Å². The molecule has 0 unspecified atom stereocenters. The molecule has 0 amide bonds. The molecule has 1 N–H and O–H groups in total. The average Bonchev–Trinajstić information content (AvgIpc) is 2.24. The number of likely N-dealkylation sites (N-methyl/N-ethyl adjacent to an activating group) is 1. The molecule has 0 saturated carbocycles. The molecular weight excluding hydrogens is 210 g/mol. The smallest absolute Gasteiger partial charge is 0.129 e. The predicted molar refractivity (Wildman–Crippen MR) is 74.4 cm³/mol. The molecule has 94 valence electrons. The highest BCUT2D eigenvalue weighted by atomic mass is 15.2. The molecule has 1 rings (SSSR count). The third kappa shape index (κ3) is 4.57. The molecule has 1 aromatic heterocycles. The molecule has 0 aliphatic carbocycles. The molecule has 0 radical (unpaired) electrons. The highest BCUT2D eigenvalue weighted by molar-refractivity contribution is 5.43. The first-order chi connectivity index (χ1) is 8.02. The molecule has 0 fully saturated rings. The number of hydrogen-bond acceptors (Lipinski definition) is 3. The van der Waals surface area contributed by atoms with Gasteiger partial charge < -0.3 is 10.2 Å². The first-order valence-electron chi connectivity index (χ1n) is 6.06. The maximum absolute atomic E-state index is 4.55. The van der Waals surface area contributed by atoms with E-state index in [-0.39, 0.29) is 0 Å². The molecule has 1 heterocycles. The quantitative estimate of drug-likeness (QED) is 0.765. The molecule has 0 aliphatic rings. The lowest BCUT2D eigenvalue weighted by molar-refractivity contribution is 0.724. The number of aromatic nitrogens is 1. The summed E-state index contributed by atoms with van der Waals surface area (Å²) in [7, 11) is 2.05. The van der Waals surface area contributed by atoms with Crippen LogP contribution in [0, 0.1) is 6.92 Å². The van der Waals surface area contributed by atoms with Crippen LogP contribution in [0.4, 0.5) is 5.82 Å².